The number of halogens is 1. The van der Waals surface area contributed by atoms with Crippen LogP contribution in [0.2, 0.25) is 5.02 Å². The number of aryl methyl sites for hydroxylation is 2. The lowest BCUT2D eigenvalue weighted by atomic mass is 10.2. The van der Waals surface area contributed by atoms with Gasteiger partial charge in [0.25, 0.3) is 0 Å². The van der Waals surface area contributed by atoms with Gasteiger partial charge in [0.05, 0.1) is 21.3 Å². The summed E-state index contributed by atoms with van der Waals surface area (Å²) in [5, 5.41) is 7.84. The Balaban J connectivity index is 1.64. The van der Waals surface area contributed by atoms with E-state index >= 15 is 0 Å². The molecule has 0 atom stereocenters. The van der Waals surface area contributed by atoms with Crippen molar-refractivity contribution in [1.82, 2.24) is 10.2 Å². The minimum Gasteiger partial charge on any atom is -0.454 e. The lowest BCUT2D eigenvalue weighted by Crippen LogP contribution is -1.92. The van der Waals surface area contributed by atoms with Crippen LogP contribution in [-0.4, -0.2) is 23.2 Å². The highest BCUT2D eigenvalue weighted by atomic mass is 35.5. The summed E-state index contributed by atoms with van der Waals surface area (Å²) in [5.74, 6) is 1.34. The van der Waals surface area contributed by atoms with Crippen LogP contribution < -0.4 is 9.47 Å². The van der Waals surface area contributed by atoms with Gasteiger partial charge in [-0.05, 0) is 32.0 Å². The molecule has 0 saturated carbocycles. The summed E-state index contributed by atoms with van der Waals surface area (Å²) in [6.45, 7) is 4.22. The number of benzene rings is 2. The van der Waals surface area contributed by atoms with E-state index in [4.69, 9.17) is 21.1 Å². The molecule has 4 rings (SSSR count). The van der Waals surface area contributed by atoms with Crippen LogP contribution in [-0.2, 0) is 0 Å². The average molecular weight is 386 g/mol. The zero-order valence-corrected chi connectivity index (χ0v) is 15.8. The molecule has 26 heavy (non-hydrogen) atoms. The van der Waals surface area contributed by atoms with E-state index in [9.17, 15) is 0 Å². The number of H-pyrrole nitrogens is 1. The van der Waals surface area contributed by atoms with Crippen molar-refractivity contribution < 1.29 is 9.47 Å². The molecule has 1 aliphatic heterocycles. The van der Waals surface area contributed by atoms with Gasteiger partial charge < -0.3 is 9.47 Å². The van der Waals surface area contributed by atoms with Crippen molar-refractivity contribution in [2.24, 2.45) is 4.99 Å². The zero-order valence-electron chi connectivity index (χ0n) is 14.2. The molecule has 132 valence electrons. The first-order chi connectivity index (χ1) is 12.6. The highest BCUT2D eigenvalue weighted by molar-refractivity contribution is 7.99. The number of aromatic amines is 1. The van der Waals surface area contributed by atoms with Gasteiger partial charge in [-0.3, -0.25) is 10.1 Å². The lowest BCUT2D eigenvalue weighted by Gasteiger charge is -2.06. The van der Waals surface area contributed by atoms with Crippen molar-refractivity contribution in [2.75, 3.05) is 6.79 Å². The lowest BCUT2D eigenvalue weighted by molar-refractivity contribution is 0.174. The van der Waals surface area contributed by atoms with Crippen molar-refractivity contribution in [3.63, 3.8) is 0 Å². The molecular formula is C19H16ClN3O2S. The molecule has 0 bridgehead atoms. The minimum absolute atomic E-state index is 0.217. The number of nitrogens with one attached hydrogen (secondary N) is 1. The van der Waals surface area contributed by atoms with E-state index in [1.165, 1.54) is 0 Å². The van der Waals surface area contributed by atoms with Crippen molar-refractivity contribution in [2.45, 2.75) is 23.6 Å². The van der Waals surface area contributed by atoms with Gasteiger partial charge in [0.2, 0.25) is 6.79 Å². The molecule has 1 aromatic heterocycles. The summed E-state index contributed by atoms with van der Waals surface area (Å²) in [7, 11) is 0. The first-order valence-electron chi connectivity index (χ1n) is 8.03. The maximum absolute atomic E-state index is 6.33. The standard InChI is InChI=1S/C19H16ClN3O2S/c1-11-19(12(2)23-22-11)26-18-6-4-3-5-15(18)21-9-13-7-16-17(8-14(13)20)25-10-24-16/h3-9H,10H2,1-2H3,(H,22,23). The third-order valence-corrected chi connectivity index (χ3v) is 5.67. The van der Waals surface area contributed by atoms with Crippen LogP contribution in [0.3, 0.4) is 0 Å². The Morgan fingerprint density at radius 2 is 1.96 bits per heavy atom. The number of nitrogens with zero attached hydrogens (tertiary/aromatic N) is 2. The fourth-order valence-electron chi connectivity index (χ4n) is 2.62. The third-order valence-electron chi connectivity index (χ3n) is 3.97. The monoisotopic (exact) mass is 385 g/mol. The normalized spacial score (nSPS) is 12.9. The van der Waals surface area contributed by atoms with Gasteiger partial charge in [-0.15, -0.1) is 0 Å². The van der Waals surface area contributed by atoms with Crippen LogP contribution in [0.1, 0.15) is 17.0 Å². The van der Waals surface area contributed by atoms with Gasteiger partial charge in [-0.1, -0.05) is 35.5 Å². The van der Waals surface area contributed by atoms with E-state index in [1.807, 2.05) is 44.2 Å². The third kappa shape index (κ3) is 3.30. The van der Waals surface area contributed by atoms with Crippen LogP contribution in [0.15, 0.2) is 51.2 Å². The number of ether oxygens (including phenoxy) is 2. The second-order valence-corrected chi connectivity index (χ2v) is 7.28. The smallest absolute Gasteiger partial charge is 0.231 e. The summed E-state index contributed by atoms with van der Waals surface area (Å²) < 4.78 is 10.7. The molecule has 0 saturated heterocycles. The maximum atomic E-state index is 6.33. The second kappa shape index (κ2) is 7.05. The molecule has 3 aromatic rings. The number of hydrogen-bond acceptors (Lipinski definition) is 5. The van der Waals surface area contributed by atoms with E-state index in [0.29, 0.717) is 16.5 Å². The van der Waals surface area contributed by atoms with Gasteiger partial charge in [0.1, 0.15) is 0 Å². The van der Waals surface area contributed by atoms with Gasteiger partial charge in [-0.25, -0.2) is 0 Å². The van der Waals surface area contributed by atoms with Gasteiger partial charge in [0.15, 0.2) is 11.5 Å². The van der Waals surface area contributed by atoms with Crippen LogP contribution in [0.4, 0.5) is 5.69 Å². The summed E-state index contributed by atoms with van der Waals surface area (Å²) in [5.41, 5.74) is 3.67. The predicted octanol–water partition coefficient (Wildman–Crippen LogP) is 5.31. The largest absolute Gasteiger partial charge is 0.454 e. The number of fused-ring (bicyclic) bond motifs is 1. The molecule has 0 aliphatic carbocycles. The molecule has 7 heteroatoms. The Hall–Kier alpha value is -2.44. The topological polar surface area (TPSA) is 59.5 Å². The molecule has 1 N–H and O–H groups in total. The molecule has 2 heterocycles. The molecule has 0 radical (unpaired) electrons. The van der Waals surface area contributed by atoms with E-state index < -0.39 is 0 Å². The molecule has 1 aliphatic rings. The van der Waals surface area contributed by atoms with Crippen LogP contribution in [0, 0.1) is 13.8 Å². The van der Waals surface area contributed by atoms with Crippen LogP contribution in [0.5, 0.6) is 11.5 Å². The Labute approximate surface area is 160 Å². The Bertz CT molecular complexity index is 981. The summed E-state index contributed by atoms with van der Waals surface area (Å²) in [6.07, 6.45) is 1.75. The summed E-state index contributed by atoms with van der Waals surface area (Å²) >= 11 is 7.97. The number of hydrogen-bond donors (Lipinski definition) is 1. The predicted molar refractivity (Wildman–Crippen MR) is 103 cm³/mol. The van der Waals surface area contributed by atoms with E-state index in [2.05, 4.69) is 15.2 Å². The van der Waals surface area contributed by atoms with Crippen molar-refractivity contribution in [3.8, 4) is 11.5 Å². The molecule has 0 amide bonds. The van der Waals surface area contributed by atoms with E-state index in [0.717, 1.165) is 32.4 Å². The molecule has 0 fully saturated rings. The maximum Gasteiger partial charge on any atom is 0.231 e. The minimum atomic E-state index is 0.217. The number of aromatic nitrogens is 2. The van der Waals surface area contributed by atoms with Crippen LogP contribution in [0.25, 0.3) is 0 Å². The van der Waals surface area contributed by atoms with Crippen molar-refractivity contribution >= 4 is 35.3 Å². The van der Waals surface area contributed by atoms with Crippen molar-refractivity contribution in [3.05, 3.63) is 58.4 Å². The molecule has 0 spiro atoms. The quantitative estimate of drug-likeness (QED) is 0.618. The fourth-order valence-corrected chi connectivity index (χ4v) is 3.81. The summed E-state index contributed by atoms with van der Waals surface area (Å²) in [6, 6.07) is 11.6. The van der Waals surface area contributed by atoms with E-state index in [-0.39, 0.29) is 6.79 Å². The highest BCUT2D eigenvalue weighted by Gasteiger charge is 2.16. The number of rotatable bonds is 4. The number of para-hydroxylation sites is 1. The van der Waals surface area contributed by atoms with Gasteiger partial charge >= 0.3 is 0 Å². The Morgan fingerprint density at radius 3 is 2.73 bits per heavy atom. The first-order valence-corrected chi connectivity index (χ1v) is 9.23. The van der Waals surface area contributed by atoms with Crippen LogP contribution >= 0.6 is 23.4 Å². The molecule has 0 unspecified atom stereocenters. The SMILES string of the molecule is Cc1n[nH]c(C)c1Sc1ccccc1N=Cc1cc2c(cc1Cl)OCO2. The average Bonchev–Trinajstić information content (AvgIpc) is 3.21. The Morgan fingerprint density at radius 1 is 1.19 bits per heavy atom. The second-order valence-electron chi connectivity index (χ2n) is 5.82. The Kier molecular flexibility index (Phi) is 4.61. The van der Waals surface area contributed by atoms with E-state index in [1.54, 1.807) is 24.0 Å². The molecular weight excluding hydrogens is 370 g/mol. The summed E-state index contributed by atoms with van der Waals surface area (Å²) in [4.78, 5) is 6.81. The van der Waals surface area contributed by atoms with Gasteiger partial charge in [0, 0.05) is 28.4 Å². The first kappa shape index (κ1) is 17.0. The fraction of sp³-hybridized carbons (Fsp3) is 0.158. The van der Waals surface area contributed by atoms with Crippen molar-refractivity contribution in [1.29, 1.82) is 0 Å². The molecule has 5 nitrogen and oxygen atoms in total. The van der Waals surface area contributed by atoms with Gasteiger partial charge in [-0.2, -0.15) is 5.10 Å². The highest BCUT2D eigenvalue weighted by Crippen LogP contribution is 2.39. The molecule has 2 aromatic carbocycles. The number of aliphatic imine (C=N–C) groups is 1. The zero-order chi connectivity index (χ0) is 18.1.